The molecule has 0 spiro atoms. The summed E-state index contributed by atoms with van der Waals surface area (Å²) in [6.07, 6.45) is 1.77. The predicted octanol–water partition coefficient (Wildman–Crippen LogP) is 7.62. The molecular weight excluding hydrogens is 458 g/mol. The summed E-state index contributed by atoms with van der Waals surface area (Å²) in [5.74, 6) is 1.04. The fraction of sp³-hybridized carbons (Fsp3) is 0.0625. The number of para-hydroxylation sites is 3. The van der Waals surface area contributed by atoms with Crippen LogP contribution in [0.25, 0.3) is 72.1 Å². The molecule has 4 heterocycles. The fourth-order valence-corrected chi connectivity index (χ4v) is 5.76. The molecule has 0 aliphatic rings. The van der Waals surface area contributed by atoms with Crippen LogP contribution < -0.4 is 4.57 Å². The van der Waals surface area contributed by atoms with Crippen molar-refractivity contribution in [1.82, 2.24) is 9.55 Å². The summed E-state index contributed by atoms with van der Waals surface area (Å²) in [7, 11) is 2.12. The number of hydrogen-bond donors (Lipinski definition) is 0. The van der Waals surface area contributed by atoms with E-state index in [9.17, 15) is 0 Å². The third kappa shape index (κ3) is 2.74. The van der Waals surface area contributed by atoms with Gasteiger partial charge in [-0.05, 0) is 55.0 Å². The van der Waals surface area contributed by atoms with E-state index in [-0.39, 0.29) is 0 Å². The normalized spacial score (nSPS) is 12.1. The fourth-order valence-electron chi connectivity index (χ4n) is 5.76. The van der Waals surface area contributed by atoms with E-state index in [0.29, 0.717) is 5.71 Å². The van der Waals surface area contributed by atoms with E-state index in [1.165, 1.54) is 0 Å². The van der Waals surface area contributed by atoms with Gasteiger partial charge in [-0.3, -0.25) is 0 Å². The molecule has 0 amide bonds. The van der Waals surface area contributed by atoms with Crippen LogP contribution in [0.3, 0.4) is 0 Å². The molecule has 5 nitrogen and oxygen atoms in total. The summed E-state index contributed by atoms with van der Waals surface area (Å²) in [4.78, 5) is 4.49. The molecule has 5 heteroatoms. The van der Waals surface area contributed by atoms with Gasteiger partial charge in [-0.1, -0.05) is 42.5 Å². The maximum absolute atomic E-state index is 6.41. The maximum Gasteiger partial charge on any atom is 0.298 e. The number of hydrogen-bond acceptors (Lipinski definition) is 3. The average molecular weight is 481 g/mol. The Hall–Kier alpha value is -4.90. The van der Waals surface area contributed by atoms with E-state index in [1.807, 2.05) is 24.3 Å². The molecule has 4 aromatic carbocycles. The van der Waals surface area contributed by atoms with Crippen molar-refractivity contribution >= 4 is 55.0 Å². The molecule has 0 radical (unpaired) electrons. The Morgan fingerprint density at radius 1 is 0.730 bits per heavy atom. The summed E-state index contributed by atoms with van der Waals surface area (Å²) in [5.41, 5.74) is 8.73. The first kappa shape index (κ1) is 20.3. The number of aryl methyl sites for hydroxylation is 2. The number of imidazole rings is 1. The number of pyridine rings is 1. The van der Waals surface area contributed by atoms with Gasteiger partial charge in [-0.2, -0.15) is 4.57 Å². The van der Waals surface area contributed by atoms with Crippen molar-refractivity contribution in [2.24, 2.45) is 7.05 Å². The lowest BCUT2D eigenvalue weighted by molar-refractivity contribution is -0.633. The second-order valence-corrected chi connectivity index (χ2v) is 9.58. The largest absolute Gasteiger partial charge is 0.456 e. The molecule has 8 aromatic rings. The van der Waals surface area contributed by atoms with E-state index in [1.54, 1.807) is 6.20 Å². The third-order valence-corrected chi connectivity index (χ3v) is 7.48. The van der Waals surface area contributed by atoms with Crippen molar-refractivity contribution in [3.8, 4) is 17.1 Å². The van der Waals surface area contributed by atoms with Crippen LogP contribution in [0.1, 0.15) is 5.56 Å². The van der Waals surface area contributed by atoms with E-state index >= 15 is 0 Å². The van der Waals surface area contributed by atoms with Crippen molar-refractivity contribution < 1.29 is 13.4 Å². The van der Waals surface area contributed by atoms with E-state index in [4.69, 9.17) is 8.83 Å². The van der Waals surface area contributed by atoms with Crippen LogP contribution in [-0.2, 0) is 7.05 Å². The summed E-state index contributed by atoms with van der Waals surface area (Å²) >= 11 is 0. The van der Waals surface area contributed by atoms with Crippen LogP contribution in [-0.4, -0.2) is 9.55 Å². The predicted molar refractivity (Wildman–Crippen MR) is 147 cm³/mol. The van der Waals surface area contributed by atoms with Crippen molar-refractivity contribution in [1.29, 1.82) is 0 Å². The van der Waals surface area contributed by atoms with Gasteiger partial charge in [0, 0.05) is 33.8 Å². The van der Waals surface area contributed by atoms with Crippen LogP contribution >= 0.6 is 0 Å². The van der Waals surface area contributed by atoms with Gasteiger partial charge in [0.25, 0.3) is 5.82 Å². The van der Waals surface area contributed by atoms with Gasteiger partial charge in [-0.15, -0.1) is 0 Å². The van der Waals surface area contributed by atoms with E-state index in [2.05, 4.69) is 94.8 Å². The minimum Gasteiger partial charge on any atom is -0.456 e. The minimum atomic E-state index is 0.651. The van der Waals surface area contributed by atoms with Crippen molar-refractivity contribution in [2.45, 2.75) is 6.92 Å². The smallest absolute Gasteiger partial charge is 0.298 e. The molecular formula is C32H22N3O2+. The average Bonchev–Trinajstić information content (AvgIpc) is 3.58. The first-order valence-corrected chi connectivity index (χ1v) is 12.4. The quantitative estimate of drug-likeness (QED) is 0.239. The molecule has 0 bridgehead atoms. The highest BCUT2D eigenvalue weighted by Gasteiger charge is 2.30. The lowest BCUT2D eigenvalue weighted by Gasteiger charge is -2.07. The van der Waals surface area contributed by atoms with Gasteiger partial charge in [0.2, 0.25) is 5.71 Å². The monoisotopic (exact) mass is 480 g/mol. The molecule has 0 aliphatic carbocycles. The Morgan fingerprint density at radius 3 is 2.46 bits per heavy atom. The minimum absolute atomic E-state index is 0.651. The van der Waals surface area contributed by atoms with Crippen LogP contribution in [0.5, 0.6) is 0 Å². The Kier molecular flexibility index (Phi) is 4.01. The van der Waals surface area contributed by atoms with Gasteiger partial charge < -0.3 is 8.83 Å². The zero-order valence-corrected chi connectivity index (χ0v) is 20.4. The number of fused-ring (bicyclic) bond motifs is 7. The number of furan rings is 2. The summed E-state index contributed by atoms with van der Waals surface area (Å²) < 4.78 is 17.2. The van der Waals surface area contributed by atoms with Crippen LogP contribution in [0.4, 0.5) is 0 Å². The molecule has 37 heavy (non-hydrogen) atoms. The van der Waals surface area contributed by atoms with Crippen LogP contribution in [0.2, 0.25) is 0 Å². The summed E-state index contributed by atoms with van der Waals surface area (Å²) in [6.45, 7) is 2.14. The molecule has 4 aromatic heterocycles. The van der Waals surface area contributed by atoms with Crippen molar-refractivity contribution in [2.75, 3.05) is 0 Å². The van der Waals surface area contributed by atoms with E-state index in [0.717, 1.165) is 72.0 Å². The van der Waals surface area contributed by atoms with Crippen LogP contribution in [0.15, 0.2) is 106 Å². The molecule has 0 fully saturated rings. The zero-order valence-electron chi connectivity index (χ0n) is 20.4. The topological polar surface area (TPSA) is 48.0 Å². The highest BCUT2D eigenvalue weighted by Crippen LogP contribution is 2.39. The molecule has 176 valence electrons. The van der Waals surface area contributed by atoms with Gasteiger partial charge in [-0.25, -0.2) is 9.55 Å². The Labute approximate surface area is 211 Å². The summed E-state index contributed by atoms with van der Waals surface area (Å²) in [5, 5.41) is 4.33. The molecule has 0 N–H and O–H groups in total. The molecule has 0 saturated carbocycles. The van der Waals surface area contributed by atoms with E-state index < -0.39 is 0 Å². The Morgan fingerprint density at radius 2 is 1.51 bits per heavy atom. The highest BCUT2D eigenvalue weighted by atomic mass is 16.3. The molecule has 0 unspecified atom stereocenters. The number of aromatic nitrogens is 3. The van der Waals surface area contributed by atoms with Crippen molar-refractivity contribution in [3.63, 3.8) is 0 Å². The number of benzene rings is 4. The maximum atomic E-state index is 6.41. The molecule has 0 aliphatic heterocycles. The molecule has 8 rings (SSSR count). The first-order valence-electron chi connectivity index (χ1n) is 12.4. The summed E-state index contributed by atoms with van der Waals surface area (Å²) in [6, 6.07) is 31.5. The Bertz CT molecular complexity index is 2180. The Balaban J connectivity index is 1.50. The first-order chi connectivity index (χ1) is 18.2. The number of rotatable bonds is 2. The highest BCUT2D eigenvalue weighted by molar-refractivity contribution is 6.09. The lowest BCUT2D eigenvalue weighted by Crippen LogP contribution is -2.30. The second-order valence-electron chi connectivity index (χ2n) is 9.58. The lowest BCUT2D eigenvalue weighted by atomic mass is 10.0. The zero-order chi connectivity index (χ0) is 24.7. The van der Waals surface area contributed by atoms with Crippen LogP contribution in [0, 0.1) is 6.92 Å². The number of nitrogens with zero attached hydrogens (tertiary/aromatic N) is 3. The standard InChI is InChI=1S/C32H22N3O2/c1-19-13-15-23-24-9-7-17-33-31(24)37-30(23)29(19)32-34(2)25-10-4-5-11-26(25)35(32)20-14-16-22-21-8-3-6-12-27(21)36-28(22)18-20/h3-18H,1-2H3/q+1. The van der Waals surface area contributed by atoms with Gasteiger partial charge in [0.1, 0.15) is 22.4 Å². The SMILES string of the molecule is Cc1ccc2c(oc3ncccc32)c1-c1n(-c2ccc3c(c2)oc2ccccc23)c2ccccc2[n+]1C. The van der Waals surface area contributed by atoms with Gasteiger partial charge >= 0.3 is 0 Å². The van der Waals surface area contributed by atoms with Crippen molar-refractivity contribution in [3.05, 3.63) is 103 Å². The molecule has 0 atom stereocenters. The van der Waals surface area contributed by atoms with Gasteiger partial charge in [0.15, 0.2) is 16.6 Å². The molecule has 0 saturated heterocycles. The van der Waals surface area contributed by atoms with Gasteiger partial charge in [0.05, 0.1) is 7.05 Å². The third-order valence-electron chi connectivity index (χ3n) is 7.48. The second kappa shape index (κ2) is 7.31.